The van der Waals surface area contributed by atoms with Crippen molar-refractivity contribution in [2.24, 2.45) is 0 Å². The fourth-order valence-corrected chi connectivity index (χ4v) is 2.42. The van der Waals surface area contributed by atoms with Crippen LogP contribution in [-0.4, -0.2) is 24.2 Å². The van der Waals surface area contributed by atoms with Crippen LogP contribution in [0.15, 0.2) is 24.3 Å². The minimum Gasteiger partial charge on any atom is -0.405 e. The number of carbonyl (C=O) groups is 1. The summed E-state index contributed by atoms with van der Waals surface area (Å²) in [6.45, 7) is 2.41. The highest BCUT2D eigenvalue weighted by atomic mass is 19.4. The molecule has 3 nitrogen and oxygen atoms in total. The molecule has 1 aliphatic heterocycles. The summed E-state index contributed by atoms with van der Waals surface area (Å²) in [6, 6.07) is 5.47. The molecule has 1 unspecified atom stereocenters. The van der Waals surface area contributed by atoms with Crippen molar-refractivity contribution in [3.05, 3.63) is 29.8 Å². The van der Waals surface area contributed by atoms with E-state index in [4.69, 9.17) is 0 Å². The molecule has 1 aromatic carbocycles. The van der Waals surface area contributed by atoms with Crippen LogP contribution in [0.2, 0.25) is 0 Å². The van der Waals surface area contributed by atoms with E-state index >= 15 is 0 Å². The number of carbonyl (C=O) groups excluding carboxylic acids is 1. The summed E-state index contributed by atoms with van der Waals surface area (Å²) < 4.78 is 41.1. The van der Waals surface area contributed by atoms with Crippen LogP contribution in [0.5, 0.6) is 5.75 Å². The molecule has 0 saturated carbocycles. The van der Waals surface area contributed by atoms with E-state index in [0.717, 1.165) is 18.9 Å². The maximum absolute atomic E-state index is 12.5. The first kappa shape index (κ1) is 14.8. The van der Waals surface area contributed by atoms with Gasteiger partial charge in [-0.05, 0) is 44.9 Å². The van der Waals surface area contributed by atoms with Gasteiger partial charge in [-0.3, -0.25) is 4.79 Å². The quantitative estimate of drug-likeness (QED) is 0.867. The van der Waals surface area contributed by atoms with Crippen LogP contribution in [0.25, 0.3) is 0 Å². The SMILES string of the molecule is CC1(C(=O)c2ccccc2OC(F)(F)F)CCCCN1. The van der Waals surface area contributed by atoms with Gasteiger partial charge in [0.2, 0.25) is 0 Å². The fourth-order valence-electron chi connectivity index (χ4n) is 2.42. The Labute approximate surface area is 115 Å². The van der Waals surface area contributed by atoms with Crippen molar-refractivity contribution in [2.45, 2.75) is 38.1 Å². The second kappa shape index (κ2) is 5.44. The smallest absolute Gasteiger partial charge is 0.405 e. The maximum atomic E-state index is 12.5. The topological polar surface area (TPSA) is 38.3 Å². The number of ether oxygens (including phenoxy) is 1. The molecule has 1 aromatic rings. The van der Waals surface area contributed by atoms with Crippen LogP contribution in [-0.2, 0) is 0 Å². The number of hydrogen-bond donors (Lipinski definition) is 1. The molecule has 0 aliphatic carbocycles. The largest absolute Gasteiger partial charge is 0.573 e. The van der Waals surface area contributed by atoms with Gasteiger partial charge < -0.3 is 10.1 Å². The summed E-state index contributed by atoms with van der Waals surface area (Å²) in [5.74, 6) is -0.810. The molecule has 1 atom stereocenters. The van der Waals surface area contributed by atoms with Gasteiger partial charge in [0.15, 0.2) is 5.78 Å². The van der Waals surface area contributed by atoms with Gasteiger partial charge in [0.25, 0.3) is 0 Å². The van der Waals surface area contributed by atoms with Gasteiger partial charge in [-0.1, -0.05) is 12.1 Å². The Kier molecular flexibility index (Phi) is 4.04. The van der Waals surface area contributed by atoms with Crippen LogP contribution in [0.1, 0.15) is 36.5 Å². The van der Waals surface area contributed by atoms with E-state index in [2.05, 4.69) is 10.1 Å². The number of benzene rings is 1. The van der Waals surface area contributed by atoms with E-state index in [-0.39, 0.29) is 11.3 Å². The van der Waals surface area contributed by atoms with E-state index in [1.165, 1.54) is 18.2 Å². The van der Waals surface area contributed by atoms with Crippen LogP contribution in [0, 0.1) is 0 Å². The van der Waals surface area contributed by atoms with E-state index < -0.39 is 17.7 Å². The maximum Gasteiger partial charge on any atom is 0.573 e. The molecule has 1 N–H and O–H groups in total. The normalized spacial score (nSPS) is 23.4. The first-order valence-electron chi connectivity index (χ1n) is 6.46. The summed E-state index contributed by atoms with van der Waals surface area (Å²) in [5.41, 5.74) is -0.870. The van der Waals surface area contributed by atoms with Gasteiger partial charge in [0.1, 0.15) is 5.75 Å². The third-order valence-corrected chi connectivity index (χ3v) is 3.48. The van der Waals surface area contributed by atoms with Crippen molar-refractivity contribution in [1.82, 2.24) is 5.32 Å². The second-order valence-corrected chi connectivity index (χ2v) is 5.09. The van der Waals surface area contributed by atoms with Crippen molar-refractivity contribution in [3.63, 3.8) is 0 Å². The van der Waals surface area contributed by atoms with Gasteiger partial charge >= 0.3 is 6.36 Å². The molecule has 110 valence electrons. The van der Waals surface area contributed by atoms with Crippen molar-refractivity contribution < 1.29 is 22.7 Å². The summed E-state index contributed by atoms with van der Waals surface area (Å²) in [4.78, 5) is 12.5. The van der Waals surface area contributed by atoms with Crippen LogP contribution >= 0.6 is 0 Å². The van der Waals surface area contributed by atoms with Gasteiger partial charge in [-0.15, -0.1) is 13.2 Å². The molecule has 2 rings (SSSR count). The van der Waals surface area contributed by atoms with E-state index in [0.29, 0.717) is 13.0 Å². The Morgan fingerprint density at radius 2 is 2.00 bits per heavy atom. The number of Topliss-reactive ketones (excluding diaryl/α,β-unsaturated/α-hetero) is 1. The number of nitrogens with one attached hydrogen (secondary N) is 1. The zero-order valence-electron chi connectivity index (χ0n) is 11.1. The predicted molar refractivity (Wildman–Crippen MR) is 67.7 cm³/mol. The third kappa shape index (κ3) is 3.30. The average molecular weight is 287 g/mol. The number of para-hydroxylation sites is 1. The average Bonchev–Trinajstić information content (AvgIpc) is 2.37. The lowest BCUT2D eigenvalue weighted by atomic mass is 9.83. The van der Waals surface area contributed by atoms with Crippen molar-refractivity contribution in [3.8, 4) is 5.75 Å². The van der Waals surface area contributed by atoms with Crippen molar-refractivity contribution in [2.75, 3.05) is 6.54 Å². The van der Waals surface area contributed by atoms with E-state index in [1.54, 1.807) is 6.92 Å². The zero-order valence-corrected chi connectivity index (χ0v) is 11.1. The Morgan fingerprint density at radius 3 is 2.60 bits per heavy atom. The monoisotopic (exact) mass is 287 g/mol. The molecule has 6 heteroatoms. The lowest BCUT2D eigenvalue weighted by Crippen LogP contribution is -2.52. The van der Waals surface area contributed by atoms with Crippen LogP contribution in [0.3, 0.4) is 0 Å². The summed E-state index contributed by atoms with van der Waals surface area (Å²) in [5, 5.41) is 3.10. The second-order valence-electron chi connectivity index (χ2n) is 5.09. The molecule has 20 heavy (non-hydrogen) atoms. The van der Waals surface area contributed by atoms with E-state index in [9.17, 15) is 18.0 Å². The first-order valence-corrected chi connectivity index (χ1v) is 6.46. The molecule has 1 saturated heterocycles. The molecule has 0 spiro atoms. The Bertz CT molecular complexity index is 493. The van der Waals surface area contributed by atoms with Crippen molar-refractivity contribution >= 4 is 5.78 Å². The minimum atomic E-state index is -4.81. The highest BCUT2D eigenvalue weighted by Crippen LogP contribution is 2.31. The Balaban J connectivity index is 2.30. The molecule has 0 aromatic heterocycles. The number of alkyl halides is 3. The predicted octanol–water partition coefficient (Wildman–Crippen LogP) is 3.30. The zero-order chi connectivity index (χ0) is 14.8. The fraction of sp³-hybridized carbons (Fsp3) is 0.500. The first-order chi connectivity index (χ1) is 9.32. The molecule has 1 heterocycles. The summed E-state index contributed by atoms with van der Waals surface area (Å²) in [6.07, 6.45) is -2.37. The van der Waals surface area contributed by atoms with Crippen LogP contribution in [0.4, 0.5) is 13.2 Å². The number of hydrogen-bond acceptors (Lipinski definition) is 3. The van der Waals surface area contributed by atoms with Crippen LogP contribution < -0.4 is 10.1 Å². The lowest BCUT2D eigenvalue weighted by Gasteiger charge is -2.33. The number of halogens is 3. The molecule has 1 fully saturated rings. The third-order valence-electron chi connectivity index (χ3n) is 3.48. The van der Waals surface area contributed by atoms with Gasteiger partial charge in [-0.2, -0.15) is 0 Å². The summed E-state index contributed by atoms with van der Waals surface area (Å²) in [7, 11) is 0. The molecule has 1 aliphatic rings. The Morgan fingerprint density at radius 1 is 1.30 bits per heavy atom. The lowest BCUT2D eigenvalue weighted by molar-refractivity contribution is -0.274. The van der Waals surface area contributed by atoms with Gasteiger partial charge in [-0.25, -0.2) is 0 Å². The number of ketones is 1. The molecule has 0 amide bonds. The molecule has 0 radical (unpaired) electrons. The number of piperidine rings is 1. The highest BCUT2D eigenvalue weighted by molar-refractivity contribution is 6.05. The minimum absolute atomic E-state index is 0.0401. The van der Waals surface area contributed by atoms with Gasteiger partial charge in [0.05, 0.1) is 11.1 Å². The van der Waals surface area contributed by atoms with E-state index in [1.807, 2.05) is 0 Å². The van der Waals surface area contributed by atoms with Gasteiger partial charge in [0, 0.05) is 0 Å². The number of rotatable bonds is 3. The molecule has 0 bridgehead atoms. The molecular weight excluding hydrogens is 271 g/mol. The standard InChI is InChI=1S/C14H16F3NO2/c1-13(8-4-5-9-18-13)12(19)10-6-2-3-7-11(10)20-14(15,16)17/h2-3,6-7,18H,4-5,8-9H2,1H3. The van der Waals surface area contributed by atoms with Crippen molar-refractivity contribution in [1.29, 1.82) is 0 Å². The Hall–Kier alpha value is -1.56. The molecular formula is C14H16F3NO2. The highest BCUT2D eigenvalue weighted by Gasteiger charge is 2.38. The summed E-state index contributed by atoms with van der Waals surface area (Å²) >= 11 is 0.